The number of nitrogens with one attached hydrogen (secondary N) is 1. The molecule has 1 atom stereocenters. The minimum absolute atomic E-state index is 0.0854. The molecule has 1 aliphatic rings. The first-order valence-electron chi connectivity index (χ1n) is 6.62. The summed E-state index contributed by atoms with van der Waals surface area (Å²) in [6.07, 6.45) is 4.73. The van der Waals surface area contributed by atoms with Crippen molar-refractivity contribution in [3.05, 3.63) is 35.6 Å². The molecule has 1 nitrogen and oxygen atoms in total. The third-order valence-corrected chi connectivity index (χ3v) is 4.02. The second-order valence-corrected chi connectivity index (χ2v) is 5.43. The molecule has 1 aliphatic carbocycles. The first kappa shape index (κ1) is 12.6. The normalized spacial score (nSPS) is 19.0. The first-order valence-corrected chi connectivity index (χ1v) is 6.62. The highest BCUT2D eigenvalue weighted by atomic mass is 19.1. The van der Waals surface area contributed by atoms with Crippen LogP contribution in [0, 0.1) is 11.2 Å². The van der Waals surface area contributed by atoms with Crippen LogP contribution in [-0.2, 0) is 6.42 Å². The molecule has 0 saturated heterocycles. The average Bonchev–Trinajstić information content (AvgIpc) is 3.10. The maximum atomic E-state index is 13.5. The lowest BCUT2D eigenvalue weighted by Crippen LogP contribution is -2.33. The van der Waals surface area contributed by atoms with Gasteiger partial charge < -0.3 is 5.32 Å². The van der Waals surface area contributed by atoms with Gasteiger partial charge >= 0.3 is 0 Å². The molecule has 1 fully saturated rings. The third kappa shape index (κ3) is 3.29. The fraction of sp³-hybridized carbons (Fsp3) is 0.600. The maximum Gasteiger partial charge on any atom is 0.126 e. The van der Waals surface area contributed by atoms with Gasteiger partial charge in [-0.05, 0) is 49.7 Å². The van der Waals surface area contributed by atoms with E-state index in [4.69, 9.17) is 0 Å². The van der Waals surface area contributed by atoms with Crippen LogP contribution in [-0.4, -0.2) is 12.6 Å². The molecule has 2 heteroatoms. The van der Waals surface area contributed by atoms with Crippen molar-refractivity contribution in [1.82, 2.24) is 5.32 Å². The van der Waals surface area contributed by atoms with Crippen LogP contribution in [0.25, 0.3) is 0 Å². The van der Waals surface area contributed by atoms with Crippen molar-refractivity contribution in [2.24, 2.45) is 5.41 Å². The number of hydrogen-bond donors (Lipinski definition) is 1. The minimum Gasteiger partial charge on any atom is -0.313 e. The monoisotopic (exact) mass is 235 g/mol. The quantitative estimate of drug-likeness (QED) is 0.795. The molecule has 1 saturated carbocycles. The van der Waals surface area contributed by atoms with E-state index in [0.717, 1.165) is 18.5 Å². The average molecular weight is 235 g/mol. The Labute approximate surface area is 103 Å². The molecule has 1 N–H and O–H groups in total. The van der Waals surface area contributed by atoms with Gasteiger partial charge in [0.15, 0.2) is 0 Å². The maximum absolute atomic E-state index is 13.5. The van der Waals surface area contributed by atoms with Gasteiger partial charge in [-0.3, -0.25) is 0 Å². The molecule has 0 bridgehead atoms. The van der Waals surface area contributed by atoms with Crippen molar-refractivity contribution in [3.8, 4) is 0 Å². The van der Waals surface area contributed by atoms with E-state index in [1.165, 1.54) is 25.3 Å². The van der Waals surface area contributed by atoms with Crippen molar-refractivity contribution in [2.45, 2.75) is 45.6 Å². The van der Waals surface area contributed by atoms with Gasteiger partial charge in [-0.2, -0.15) is 0 Å². The van der Waals surface area contributed by atoms with Gasteiger partial charge in [0.1, 0.15) is 5.82 Å². The predicted octanol–water partition coefficient (Wildman–Crippen LogP) is 3.54. The van der Waals surface area contributed by atoms with Gasteiger partial charge in [0.05, 0.1) is 0 Å². The fourth-order valence-corrected chi connectivity index (χ4v) is 2.29. The Morgan fingerprint density at radius 2 is 2.06 bits per heavy atom. The molecule has 1 aromatic carbocycles. The molecule has 17 heavy (non-hydrogen) atoms. The van der Waals surface area contributed by atoms with E-state index in [9.17, 15) is 4.39 Å². The molecule has 0 amide bonds. The Bertz CT molecular complexity index is 371. The summed E-state index contributed by atoms with van der Waals surface area (Å²) in [5.41, 5.74) is 1.37. The Morgan fingerprint density at radius 3 is 2.65 bits per heavy atom. The number of benzene rings is 1. The Balaban J connectivity index is 1.81. The summed E-state index contributed by atoms with van der Waals surface area (Å²) < 4.78 is 13.5. The van der Waals surface area contributed by atoms with Crippen molar-refractivity contribution in [3.63, 3.8) is 0 Å². The van der Waals surface area contributed by atoms with Crippen molar-refractivity contribution in [1.29, 1.82) is 0 Å². The van der Waals surface area contributed by atoms with E-state index >= 15 is 0 Å². The zero-order valence-electron chi connectivity index (χ0n) is 10.8. The van der Waals surface area contributed by atoms with E-state index in [0.29, 0.717) is 11.5 Å². The molecule has 94 valence electrons. The molecule has 2 rings (SSSR count). The molecule has 0 heterocycles. The van der Waals surface area contributed by atoms with Gasteiger partial charge in [0, 0.05) is 12.6 Å². The predicted molar refractivity (Wildman–Crippen MR) is 69.5 cm³/mol. The molecule has 0 radical (unpaired) electrons. The summed E-state index contributed by atoms with van der Waals surface area (Å²) in [6, 6.07) is 7.40. The smallest absolute Gasteiger partial charge is 0.126 e. The van der Waals surface area contributed by atoms with Gasteiger partial charge in [-0.25, -0.2) is 4.39 Å². The van der Waals surface area contributed by atoms with Crippen molar-refractivity contribution in [2.75, 3.05) is 6.54 Å². The summed E-state index contributed by atoms with van der Waals surface area (Å²) in [4.78, 5) is 0. The Hall–Kier alpha value is -0.890. The largest absolute Gasteiger partial charge is 0.313 e. The lowest BCUT2D eigenvalue weighted by atomic mass is 10.0. The van der Waals surface area contributed by atoms with Crippen LogP contribution in [0.1, 0.15) is 38.7 Å². The van der Waals surface area contributed by atoms with E-state index in [-0.39, 0.29) is 5.82 Å². The van der Waals surface area contributed by atoms with Gasteiger partial charge in [0.25, 0.3) is 0 Å². The van der Waals surface area contributed by atoms with E-state index in [1.807, 2.05) is 12.1 Å². The molecule has 0 aromatic heterocycles. The highest BCUT2D eigenvalue weighted by molar-refractivity contribution is 5.18. The SMILES string of the molecule is CCC1(CNC(C)Cc2ccccc2F)CC1. The lowest BCUT2D eigenvalue weighted by Gasteiger charge is -2.19. The van der Waals surface area contributed by atoms with Crippen LogP contribution in [0.2, 0.25) is 0 Å². The van der Waals surface area contributed by atoms with Crippen LogP contribution in [0.3, 0.4) is 0 Å². The number of rotatable bonds is 6. The number of halogens is 1. The van der Waals surface area contributed by atoms with Crippen LogP contribution in [0.4, 0.5) is 4.39 Å². The highest BCUT2D eigenvalue weighted by Gasteiger charge is 2.40. The van der Waals surface area contributed by atoms with Crippen LogP contribution >= 0.6 is 0 Å². The summed E-state index contributed by atoms with van der Waals surface area (Å²) in [5.74, 6) is -0.0854. The highest BCUT2D eigenvalue weighted by Crippen LogP contribution is 2.47. The van der Waals surface area contributed by atoms with Gasteiger partial charge in [-0.15, -0.1) is 0 Å². The van der Waals surface area contributed by atoms with E-state index < -0.39 is 0 Å². The van der Waals surface area contributed by atoms with Crippen LogP contribution < -0.4 is 5.32 Å². The summed E-state index contributed by atoms with van der Waals surface area (Å²) in [5, 5.41) is 3.55. The van der Waals surface area contributed by atoms with E-state index in [2.05, 4.69) is 19.2 Å². The topological polar surface area (TPSA) is 12.0 Å². The standard InChI is InChI=1S/C15H22FN/c1-3-15(8-9-15)11-17-12(2)10-13-6-4-5-7-14(13)16/h4-7,12,17H,3,8-11H2,1-2H3. The summed E-state index contributed by atoms with van der Waals surface area (Å²) in [6.45, 7) is 5.48. The Kier molecular flexibility index (Phi) is 3.82. The zero-order chi connectivity index (χ0) is 12.3. The molecule has 1 aromatic rings. The van der Waals surface area contributed by atoms with Gasteiger partial charge in [-0.1, -0.05) is 25.1 Å². The lowest BCUT2D eigenvalue weighted by molar-refractivity contribution is 0.407. The molecular formula is C15H22FN. The second kappa shape index (κ2) is 5.18. The molecular weight excluding hydrogens is 213 g/mol. The minimum atomic E-state index is -0.0854. The van der Waals surface area contributed by atoms with Crippen LogP contribution in [0.5, 0.6) is 0 Å². The third-order valence-electron chi connectivity index (χ3n) is 4.02. The second-order valence-electron chi connectivity index (χ2n) is 5.43. The molecule has 0 aliphatic heterocycles. The summed E-state index contributed by atoms with van der Waals surface area (Å²) in [7, 11) is 0. The fourth-order valence-electron chi connectivity index (χ4n) is 2.29. The van der Waals surface area contributed by atoms with Crippen molar-refractivity contribution >= 4 is 0 Å². The molecule has 1 unspecified atom stereocenters. The Morgan fingerprint density at radius 1 is 1.35 bits per heavy atom. The van der Waals surface area contributed by atoms with Crippen LogP contribution in [0.15, 0.2) is 24.3 Å². The van der Waals surface area contributed by atoms with E-state index in [1.54, 1.807) is 6.07 Å². The number of hydrogen-bond acceptors (Lipinski definition) is 1. The molecule has 0 spiro atoms. The first-order chi connectivity index (χ1) is 8.15. The van der Waals surface area contributed by atoms with Gasteiger partial charge in [0.2, 0.25) is 0 Å². The zero-order valence-corrected chi connectivity index (χ0v) is 10.8. The summed E-state index contributed by atoms with van der Waals surface area (Å²) >= 11 is 0. The van der Waals surface area contributed by atoms with Crippen molar-refractivity contribution < 1.29 is 4.39 Å².